The van der Waals surface area contributed by atoms with Gasteiger partial charge in [0, 0.05) is 31.5 Å². The Kier molecular flexibility index (Phi) is 5.69. The first-order valence-electron chi connectivity index (χ1n) is 7.70. The number of rotatable bonds is 6. The SMILES string of the molecule is Cc1ccc(C(=O)CCC(=O)NCC(=O)N2CCCC2)cc1. The predicted molar refractivity (Wildman–Crippen MR) is 83.6 cm³/mol. The molecule has 5 nitrogen and oxygen atoms in total. The molecule has 0 saturated carbocycles. The number of amides is 2. The maximum atomic E-state index is 12.0. The molecule has 0 unspecified atom stereocenters. The van der Waals surface area contributed by atoms with E-state index in [4.69, 9.17) is 0 Å². The molecule has 1 aromatic rings. The molecule has 0 aromatic heterocycles. The molecule has 2 amide bonds. The second-order valence-corrected chi connectivity index (χ2v) is 5.65. The number of carbonyl (C=O) groups excluding carboxylic acids is 3. The van der Waals surface area contributed by atoms with Crippen molar-refractivity contribution in [2.45, 2.75) is 32.6 Å². The van der Waals surface area contributed by atoms with E-state index in [-0.39, 0.29) is 37.0 Å². The van der Waals surface area contributed by atoms with E-state index >= 15 is 0 Å². The molecule has 1 saturated heterocycles. The maximum Gasteiger partial charge on any atom is 0.241 e. The van der Waals surface area contributed by atoms with Crippen LogP contribution in [-0.4, -0.2) is 42.1 Å². The van der Waals surface area contributed by atoms with Gasteiger partial charge in [0.1, 0.15) is 0 Å². The van der Waals surface area contributed by atoms with Crippen LogP contribution in [0.5, 0.6) is 0 Å². The largest absolute Gasteiger partial charge is 0.347 e. The van der Waals surface area contributed by atoms with E-state index in [9.17, 15) is 14.4 Å². The minimum Gasteiger partial charge on any atom is -0.347 e. The predicted octanol–water partition coefficient (Wildman–Crippen LogP) is 1.70. The van der Waals surface area contributed by atoms with Crippen molar-refractivity contribution in [3.8, 4) is 0 Å². The number of hydrogen-bond donors (Lipinski definition) is 1. The van der Waals surface area contributed by atoms with Crippen molar-refractivity contribution < 1.29 is 14.4 Å². The topological polar surface area (TPSA) is 66.5 Å². The van der Waals surface area contributed by atoms with Crippen molar-refractivity contribution in [1.29, 1.82) is 0 Å². The molecule has 0 radical (unpaired) electrons. The van der Waals surface area contributed by atoms with Crippen LogP contribution in [0.3, 0.4) is 0 Å². The van der Waals surface area contributed by atoms with Crippen LogP contribution in [-0.2, 0) is 9.59 Å². The Morgan fingerprint density at radius 1 is 1.05 bits per heavy atom. The van der Waals surface area contributed by atoms with Gasteiger partial charge in [0.15, 0.2) is 5.78 Å². The zero-order valence-corrected chi connectivity index (χ0v) is 12.9. The lowest BCUT2D eigenvalue weighted by Gasteiger charge is -2.15. The molecule has 0 spiro atoms. The van der Waals surface area contributed by atoms with E-state index in [2.05, 4.69) is 5.32 Å². The Bertz CT molecular complexity index is 546. The molecular formula is C17H22N2O3. The second-order valence-electron chi connectivity index (χ2n) is 5.65. The van der Waals surface area contributed by atoms with Crippen LogP contribution >= 0.6 is 0 Å². The highest BCUT2D eigenvalue weighted by Crippen LogP contribution is 2.08. The summed E-state index contributed by atoms with van der Waals surface area (Å²) >= 11 is 0. The number of benzene rings is 1. The lowest BCUT2D eigenvalue weighted by molar-refractivity contribution is -0.132. The highest BCUT2D eigenvalue weighted by Gasteiger charge is 2.18. The molecule has 22 heavy (non-hydrogen) atoms. The number of aryl methyl sites for hydroxylation is 1. The number of likely N-dealkylation sites (tertiary alicyclic amines) is 1. The summed E-state index contributed by atoms with van der Waals surface area (Å²) in [4.78, 5) is 37.2. The molecule has 1 aromatic carbocycles. The van der Waals surface area contributed by atoms with Crippen molar-refractivity contribution in [2.24, 2.45) is 0 Å². The van der Waals surface area contributed by atoms with Gasteiger partial charge in [-0.2, -0.15) is 0 Å². The Labute approximate surface area is 130 Å². The summed E-state index contributed by atoms with van der Waals surface area (Å²) in [5, 5.41) is 2.59. The third-order valence-corrected chi connectivity index (χ3v) is 3.85. The van der Waals surface area contributed by atoms with Crippen LogP contribution in [0.4, 0.5) is 0 Å². The number of ketones is 1. The number of hydrogen-bond acceptors (Lipinski definition) is 3. The molecule has 2 rings (SSSR count). The van der Waals surface area contributed by atoms with E-state index in [0.29, 0.717) is 5.56 Å². The molecular weight excluding hydrogens is 280 g/mol. The monoisotopic (exact) mass is 302 g/mol. The molecule has 118 valence electrons. The molecule has 1 fully saturated rings. The summed E-state index contributed by atoms with van der Waals surface area (Å²) in [7, 11) is 0. The van der Waals surface area contributed by atoms with Gasteiger partial charge in [0.25, 0.3) is 0 Å². The summed E-state index contributed by atoms with van der Waals surface area (Å²) in [6, 6.07) is 7.29. The van der Waals surface area contributed by atoms with Gasteiger partial charge in [0.2, 0.25) is 11.8 Å². The van der Waals surface area contributed by atoms with Gasteiger partial charge in [-0.25, -0.2) is 0 Å². The van der Waals surface area contributed by atoms with Crippen molar-refractivity contribution >= 4 is 17.6 Å². The van der Waals surface area contributed by atoms with Gasteiger partial charge in [-0.3, -0.25) is 14.4 Å². The smallest absolute Gasteiger partial charge is 0.241 e. The molecule has 1 aliphatic heterocycles. The summed E-state index contributed by atoms with van der Waals surface area (Å²) in [6.07, 6.45) is 2.34. The van der Waals surface area contributed by atoms with Crippen LogP contribution in [0.15, 0.2) is 24.3 Å². The van der Waals surface area contributed by atoms with E-state index in [0.717, 1.165) is 31.5 Å². The van der Waals surface area contributed by atoms with E-state index in [1.54, 1.807) is 17.0 Å². The van der Waals surface area contributed by atoms with Gasteiger partial charge in [-0.1, -0.05) is 29.8 Å². The molecule has 0 bridgehead atoms. The third-order valence-electron chi connectivity index (χ3n) is 3.85. The van der Waals surface area contributed by atoms with Gasteiger partial charge >= 0.3 is 0 Å². The normalized spacial score (nSPS) is 14.0. The minimum absolute atomic E-state index is 0.0254. The summed E-state index contributed by atoms with van der Waals surface area (Å²) < 4.78 is 0. The zero-order valence-electron chi connectivity index (χ0n) is 12.9. The fourth-order valence-electron chi connectivity index (χ4n) is 2.45. The van der Waals surface area contributed by atoms with Crippen molar-refractivity contribution in [2.75, 3.05) is 19.6 Å². The van der Waals surface area contributed by atoms with Crippen LogP contribution in [0.25, 0.3) is 0 Å². The van der Waals surface area contributed by atoms with Crippen molar-refractivity contribution in [3.63, 3.8) is 0 Å². The first-order valence-corrected chi connectivity index (χ1v) is 7.70. The Morgan fingerprint density at radius 2 is 1.68 bits per heavy atom. The van der Waals surface area contributed by atoms with Crippen molar-refractivity contribution in [3.05, 3.63) is 35.4 Å². The number of nitrogens with one attached hydrogen (secondary N) is 1. The second kappa shape index (κ2) is 7.73. The first-order chi connectivity index (χ1) is 10.6. The number of Topliss-reactive ketones (excluding diaryl/α,β-unsaturated/α-hetero) is 1. The van der Waals surface area contributed by atoms with Crippen LogP contribution in [0.1, 0.15) is 41.6 Å². The van der Waals surface area contributed by atoms with Gasteiger partial charge in [0.05, 0.1) is 6.54 Å². The fourth-order valence-corrected chi connectivity index (χ4v) is 2.45. The van der Waals surface area contributed by atoms with Gasteiger partial charge in [-0.05, 0) is 19.8 Å². The van der Waals surface area contributed by atoms with E-state index < -0.39 is 0 Å². The third kappa shape index (κ3) is 4.69. The lowest BCUT2D eigenvalue weighted by Crippen LogP contribution is -2.38. The van der Waals surface area contributed by atoms with Crippen LogP contribution in [0.2, 0.25) is 0 Å². The molecule has 1 heterocycles. The summed E-state index contributed by atoms with van der Waals surface area (Å²) in [5.41, 5.74) is 1.71. The quantitative estimate of drug-likeness (QED) is 0.813. The zero-order chi connectivity index (χ0) is 15.9. The fraction of sp³-hybridized carbons (Fsp3) is 0.471. The number of carbonyl (C=O) groups is 3. The first kappa shape index (κ1) is 16.2. The van der Waals surface area contributed by atoms with Crippen LogP contribution in [0, 0.1) is 6.92 Å². The molecule has 1 N–H and O–H groups in total. The van der Waals surface area contributed by atoms with Gasteiger partial charge in [-0.15, -0.1) is 0 Å². The summed E-state index contributed by atoms with van der Waals surface area (Å²) in [5.74, 6) is -0.357. The molecule has 5 heteroatoms. The maximum absolute atomic E-state index is 12.0. The summed E-state index contributed by atoms with van der Waals surface area (Å²) in [6.45, 7) is 3.54. The van der Waals surface area contributed by atoms with Crippen molar-refractivity contribution in [1.82, 2.24) is 10.2 Å². The lowest BCUT2D eigenvalue weighted by atomic mass is 10.1. The highest BCUT2D eigenvalue weighted by atomic mass is 16.2. The van der Waals surface area contributed by atoms with E-state index in [1.807, 2.05) is 19.1 Å². The standard InChI is InChI=1S/C17H22N2O3/c1-13-4-6-14(7-5-13)15(20)8-9-16(21)18-12-17(22)19-10-2-3-11-19/h4-7H,2-3,8-12H2,1H3,(H,18,21). The average Bonchev–Trinajstić information content (AvgIpc) is 3.05. The molecule has 1 aliphatic rings. The average molecular weight is 302 g/mol. The Morgan fingerprint density at radius 3 is 2.32 bits per heavy atom. The van der Waals surface area contributed by atoms with Crippen LogP contribution < -0.4 is 5.32 Å². The Balaban J connectivity index is 1.69. The highest BCUT2D eigenvalue weighted by molar-refractivity contribution is 5.98. The molecule has 0 aliphatic carbocycles. The van der Waals surface area contributed by atoms with Gasteiger partial charge < -0.3 is 10.2 Å². The van der Waals surface area contributed by atoms with E-state index in [1.165, 1.54) is 0 Å². The Hall–Kier alpha value is -2.17. The minimum atomic E-state index is -0.256. The molecule has 0 atom stereocenters. The number of nitrogens with zero attached hydrogens (tertiary/aromatic N) is 1.